The van der Waals surface area contributed by atoms with Gasteiger partial charge in [-0.3, -0.25) is 16.0 Å². The molecule has 1 unspecified atom stereocenters. The van der Waals surface area contributed by atoms with E-state index in [4.69, 9.17) is 17.4 Å². The average molecular weight is 297 g/mol. The molecule has 0 fully saturated rings. The Bertz CT molecular complexity index is 597. The van der Waals surface area contributed by atoms with Crippen molar-refractivity contribution in [2.45, 2.75) is 25.8 Å². The summed E-state index contributed by atoms with van der Waals surface area (Å²) in [6.07, 6.45) is 1.35. The van der Waals surface area contributed by atoms with Crippen molar-refractivity contribution in [2.75, 3.05) is 0 Å². The molecule has 1 heterocycles. The summed E-state index contributed by atoms with van der Waals surface area (Å²) in [4.78, 5) is 0. The second-order valence-corrected chi connectivity index (χ2v) is 5.32. The molecular weight excluding hydrogens is 279 g/mol. The van der Waals surface area contributed by atoms with Crippen molar-refractivity contribution in [3.8, 4) is 0 Å². The van der Waals surface area contributed by atoms with Crippen LogP contribution in [0.2, 0.25) is 5.02 Å². The third-order valence-electron chi connectivity index (χ3n) is 3.27. The lowest BCUT2D eigenvalue weighted by atomic mass is 10.0. The molecule has 0 radical (unpaired) electrons. The van der Waals surface area contributed by atoms with Gasteiger partial charge in [0.2, 0.25) is 0 Å². The molecule has 0 amide bonds. The molecule has 0 aliphatic rings. The van der Waals surface area contributed by atoms with Gasteiger partial charge in [-0.25, -0.2) is 4.39 Å². The Kier molecular flexibility index (Phi) is 4.75. The quantitative estimate of drug-likeness (QED) is 0.656. The third kappa shape index (κ3) is 3.56. The predicted octanol–water partition coefficient (Wildman–Crippen LogP) is 2.14. The predicted molar refractivity (Wildman–Crippen MR) is 77.9 cm³/mol. The zero-order chi connectivity index (χ0) is 14.7. The Morgan fingerprint density at radius 1 is 1.40 bits per heavy atom. The van der Waals surface area contributed by atoms with Crippen molar-refractivity contribution in [1.29, 1.82) is 0 Å². The van der Waals surface area contributed by atoms with Gasteiger partial charge in [-0.1, -0.05) is 17.7 Å². The van der Waals surface area contributed by atoms with Gasteiger partial charge in [-0.05, 0) is 37.1 Å². The molecular formula is C14H18ClFN4. The fourth-order valence-electron chi connectivity index (χ4n) is 2.25. The lowest BCUT2D eigenvalue weighted by Gasteiger charge is -2.16. The van der Waals surface area contributed by atoms with Gasteiger partial charge in [0.1, 0.15) is 5.82 Å². The van der Waals surface area contributed by atoms with Gasteiger partial charge in [0.05, 0.1) is 5.69 Å². The van der Waals surface area contributed by atoms with E-state index in [0.29, 0.717) is 11.4 Å². The normalized spacial score (nSPS) is 12.7. The Hall–Kier alpha value is -1.43. The molecule has 4 nitrogen and oxygen atoms in total. The van der Waals surface area contributed by atoms with Crippen molar-refractivity contribution < 1.29 is 4.39 Å². The molecule has 1 aromatic heterocycles. The summed E-state index contributed by atoms with van der Waals surface area (Å²) in [5.41, 5.74) is 5.71. The number of hydrogen-bond donors (Lipinski definition) is 2. The zero-order valence-electron chi connectivity index (χ0n) is 11.5. The van der Waals surface area contributed by atoms with E-state index in [9.17, 15) is 4.39 Å². The highest BCUT2D eigenvalue weighted by Gasteiger charge is 2.14. The zero-order valence-corrected chi connectivity index (χ0v) is 12.3. The van der Waals surface area contributed by atoms with Crippen LogP contribution in [-0.2, 0) is 19.9 Å². The van der Waals surface area contributed by atoms with E-state index in [1.807, 2.05) is 24.7 Å². The van der Waals surface area contributed by atoms with Crippen LogP contribution in [0.15, 0.2) is 24.3 Å². The monoisotopic (exact) mass is 296 g/mol. The van der Waals surface area contributed by atoms with E-state index in [0.717, 1.165) is 23.4 Å². The first-order valence-electron chi connectivity index (χ1n) is 6.39. The Labute approximate surface area is 122 Å². The molecule has 0 saturated carbocycles. The highest BCUT2D eigenvalue weighted by Crippen LogP contribution is 2.19. The minimum Gasteiger partial charge on any atom is -0.272 e. The van der Waals surface area contributed by atoms with Gasteiger partial charge >= 0.3 is 0 Å². The van der Waals surface area contributed by atoms with Crippen LogP contribution in [0.4, 0.5) is 4.39 Å². The number of nitrogens with one attached hydrogen (secondary N) is 1. The Morgan fingerprint density at radius 2 is 2.15 bits per heavy atom. The lowest BCUT2D eigenvalue weighted by Crippen LogP contribution is -2.39. The summed E-state index contributed by atoms with van der Waals surface area (Å²) < 4.78 is 14.9. The minimum absolute atomic E-state index is 0.00719. The van der Waals surface area contributed by atoms with Gasteiger partial charge in [-0.15, -0.1) is 0 Å². The standard InChI is InChI=1S/C14H18ClFN4/c1-9-5-13(20(2)19-9)8-12(18-17)6-10-3-4-11(16)7-14(10)15/h3-5,7,12,18H,6,8,17H2,1-2H3. The molecule has 0 aliphatic carbocycles. The van der Waals surface area contributed by atoms with E-state index in [1.54, 1.807) is 6.07 Å². The van der Waals surface area contributed by atoms with Crippen LogP contribution in [0.3, 0.4) is 0 Å². The summed E-state index contributed by atoms with van der Waals surface area (Å²) >= 11 is 6.04. The van der Waals surface area contributed by atoms with Gasteiger partial charge in [0.25, 0.3) is 0 Å². The SMILES string of the molecule is Cc1cc(CC(Cc2ccc(F)cc2Cl)NN)n(C)n1. The highest BCUT2D eigenvalue weighted by atomic mass is 35.5. The molecule has 0 bridgehead atoms. The summed E-state index contributed by atoms with van der Waals surface area (Å²) in [5.74, 6) is 5.27. The van der Waals surface area contributed by atoms with Crippen molar-refractivity contribution in [2.24, 2.45) is 12.9 Å². The van der Waals surface area contributed by atoms with Gasteiger partial charge in [0, 0.05) is 30.2 Å². The molecule has 1 atom stereocenters. The van der Waals surface area contributed by atoms with Crippen molar-refractivity contribution in [3.05, 3.63) is 52.1 Å². The molecule has 0 spiro atoms. The van der Waals surface area contributed by atoms with E-state index in [-0.39, 0.29) is 11.9 Å². The Balaban J connectivity index is 2.11. The minimum atomic E-state index is -0.335. The maximum atomic E-state index is 13.0. The number of nitrogens with zero attached hydrogens (tertiary/aromatic N) is 2. The largest absolute Gasteiger partial charge is 0.272 e. The number of rotatable bonds is 5. The summed E-state index contributed by atoms with van der Waals surface area (Å²) in [6, 6.07) is 6.45. The van der Waals surface area contributed by atoms with Gasteiger partial charge in [0.15, 0.2) is 0 Å². The van der Waals surface area contributed by atoms with E-state index in [1.165, 1.54) is 12.1 Å². The molecule has 6 heteroatoms. The first-order chi connectivity index (χ1) is 9.49. The fourth-order valence-corrected chi connectivity index (χ4v) is 2.49. The molecule has 0 saturated heterocycles. The van der Waals surface area contributed by atoms with Crippen molar-refractivity contribution in [1.82, 2.24) is 15.2 Å². The van der Waals surface area contributed by atoms with E-state index in [2.05, 4.69) is 10.5 Å². The molecule has 2 aromatic rings. The lowest BCUT2D eigenvalue weighted by molar-refractivity contribution is 0.504. The van der Waals surface area contributed by atoms with Crippen LogP contribution in [0.25, 0.3) is 0 Å². The maximum Gasteiger partial charge on any atom is 0.124 e. The molecule has 0 aliphatic heterocycles. The number of hydrogen-bond acceptors (Lipinski definition) is 3. The number of hydrazine groups is 1. The maximum absolute atomic E-state index is 13.0. The average Bonchev–Trinajstić information content (AvgIpc) is 2.70. The number of halogens is 2. The van der Waals surface area contributed by atoms with E-state index >= 15 is 0 Å². The summed E-state index contributed by atoms with van der Waals surface area (Å²) in [5, 5.41) is 4.73. The van der Waals surface area contributed by atoms with Crippen LogP contribution in [-0.4, -0.2) is 15.8 Å². The summed E-state index contributed by atoms with van der Waals surface area (Å²) in [6.45, 7) is 1.95. The molecule has 108 valence electrons. The molecule has 3 N–H and O–H groups in total. The van der Waals surface area contributed by atoms with Gasteiger partial charge < -0.3 is 0 Å². The number of benzene rings is 1. The van der Waals surface area contributed by atoms with Crippen LogP contribution in [0, 0.1) is 12.7 Å². The van der Waals surface area contributed by atoms with Crippen molar-refractivity contribution in [3.63, 3.8) is 0 Å². The topological polar surface area (TPSA) is 55.9 Å². The van der Waals surface area contributed by atoms with Gasteiger partial charge in [-0.2, -0.15) is 5.10 Å². The van der Waals surface area contributed by atoms with Crippen LogP contribution >= 0.6 is 11.6 Å². The van der Waals surface area contributed by atoms with E-state index < -0.39 is 0 Å². The number of aromatic nitrogens is 2. The van der Waals surface area contributed by atoms with Crippen LogP contribution in [0.1, 0.15) is 17.0 Å². The summed E-state index contributed by atoms with van der Waals surface area (Å²) in [7, 11) is 1.90. The molecule has 2 rings (SSSR count). The fraction of sp³-hybridized carbons (Fsp3) is 0.357. The van der Waals surface area contributed by atoms with Crippen LogP contribution < -0.4 is 11.3 Å². The Morgan fingerprint density at radius 3 is 2.70 bits per heavy atom. The van der Waals surface area contributed by atoms with Crippen molar-refractivity contribution >= 4 is 11.6 Å². The molecule has 1 aromatic carbocycles. The molecule has 20 heavy (non-hydrogen) atoms. The third-order valence-corrected chi connectivity index (χ3v) is 3.62. The highest BCUT2D eigenvalue weighted by molar-refractivity contribution is 6.31. The second-order valence-electron chi connectivity index (χ2n) is 4.91. The first-order valence-corrected chi connectivity index (χ1v) is 6.77. The first kappa shape index (κ1) is 15.0. The second kappa shape index (κ2) is 6.35. The number of aryl methyl sites for hydroxylation is 2. The smallest absolute Gasteiger partial charge is 0.124 e. The van der Waals surface area contributed by atoms with Crippen LogP contribution in [0.5, 0.6) is 0 Å². The number of nitrogens with two attached hydrogens (primary N) is 1.